The smallest absolute Gasteiger partial charge is 0.136 e. The largest absolute Gasteiger partial charge is 0.456 e. The Labute approximate surface area is 204 Å². The fourth-order valence-electron chi connectivity index (χ4n) is 4.57. The lowest BCUT2D eigenvalue weighted by molar-refractivity contribution is 0.669. The van der Waals surface area contributed by atoms with Crippen molar-refractivity contribution < 1.29 is 15.4 Å². The first-order valence-corrected chi connectivity index (χ1v) is 10.9. The summed E-state index contributed by atoms with van der Waals surface area (Å²) in [7, 11) is 0. The van der Waals surface area contributed by atoms with E-state index in [-0.39, 0.29) is 50.2 Å². The summed E-state index contributed by atoms with van der Waals surface area (Å²) in [5, 5.41) is 4.36. The van der Waals surface area contributed by atoms with E-state index >= 15 is 0 Å². The van der Waals surface area contributed by atoms with Crippen LogP contribution in [0.5, 0.6) is 0 Å². The summed E-state index contributed by atoms with van der Waals surface area (Å²) in [6.45, 7) is 0. The van der Waals surface area contributed by atoms with E-state index in [0.717, 1.165) is 21.5 Å². The highest BCUT2D eigenvalue weighted by molar-refractivity contribution is 9.10. The summed E-state index contributed by atoms with van der Waals surface area (Å²) in [6.07, 6.45) is 0. The zero-order valence-electron chi connectivity index (χ0n) is 24.5. The molecule has 2 heteroatoms. The number of furan rings is 1. The van der Waals surface area contributed by atoms with Crippen molar-refractivity contribution in [3.05, 3.63) is 107 Å². The average molecular weight is 481 g/mol. The normalized spacial score (nSPS) is 15.4. The standard InChI is InChI=1S/C30H17BrO/c31-30-23-11-5-3-9-21(23)28(22-10-4-6-12-24(22)30)19-14-15-26-25(17-19)29-20-8-2-1-7-18(20)13-16-27(29)32-26/h1-17H/i3D,4D,5D,6D,9D,10D,11D,12D. The van der Waals surface area contributed by atoms with Crippen molar-refractivity contribution >= 4 is 70.2 Å². The molecule has 0 unspecified atom stereocenters. The molecule has 32 heavy (non-hydrogen) atoms. The molecular formula is C30H17BrO. The van der Waals surface area contributed by atoms with Crippen LogP contribution in [0.2, 0.25) is 0 Å². The first kappa shape index (κ1) is 11.8. The Bertz CT molecular complexity index is 2190. The van der Waals surface area contributed by atoms with E-state index in [9.17, 15) is 0 Å². The third kappa shape index (κ3) is 2.44. The van der Waals surface area contributed by atoms with Gasteiger partial charge in [-0.25, -0.2) is 0 Å². The monoisotopic (exact) mass is 480 g/mol. The van der Waals surface area contributed by atoms with E-state index < -0.39 is 24.2 Å². The number of rotatable bonds is 1. The molecule has 0 amide bonds. The quantitative estimate of drug-likeness (QED) is 0.213. The van der Waals surface area contributed by atoms with Gasteiger partial charge in [0.15, 0.2) is 0 Å². The van der Waals surface area contributed by atoms with Crippen molar-refractivity contribution in [3.8, 4) is 11.1 Å². The van der Waals surface area contributed by atoms with E-state index in [1.165, 1.54) is 0 Å². The fraction of sp³-hybridized carbons (Fsp3) is 0. The van der Waals surface area contributed by atoms with Crippen molar-refractivity contribution in [1.82, 2.24) is 0 Å². The molecular weight excluding hydrogens is 456 g/mol. The zero-order valence-corrected chi connectivity index (χ0v) is 18.1. The maximum absolute atomic E-state index is 8.86. The predicted octanol–water partition coefficient (Wildman–Crippen LogP) is 9.48. The van der Waals surface area contributed by atoms with E-state index in [4.69, 9.17) is 15.4 Å². The molecule has 1 heterocycles. The van der Waals surface area contributed by atoms with Gasteiger partial charge in [-0.05, 0) is 77.6 Å². The van der Waals surface area contributed by atoms with Gasteiger partial charge in [-0.1, -0.05) is 84.7 Å². The van der Waals surface area contributed by atoms with Gasteiger partial charge in [-0.15, -0.1) is 0 Å². The third-order valence-corrected chi connectivity index (χ3v) is 6.76. The maximum atomic E-state index is 8.86. The summed E-state index contributed by atoms with van der Waals surface area (Å²) in [5.41, 5.74) is 2.18. The van der Waals surface area contributed by atoms with Crippen molar-refractivity contribution in [2.24, 2.45) is 0 Å². The minimum Gasteiger partial charge on any atom is -0.456 e. The molecule has 0 saturated carbocycles. The SMILES string of the molecule is [2H]c1c([2H])c([2H])c2c(-c3ccc4oc5ccc6ccccc6c5c4c3)c3c([2H])c([2H])c([2H])c([2H])c3c(Br)c2c1[2H]. The van der Waals surface area contributed by atoms with Gasteiger partial charge in [0.25, 0.3) is 0 Å². The van der Waals surface area contributed by atoms with Gasteiger partial charge in [0.1, 0.15) is 11.2 Å². The molecule has 0 radical (unpaired) electrons. The van der Waals surface area contributed by atoms with Gasteiger partial charge in [0.05, 0.1) is 11.0 Å². The Hall–Kier alpha value is -3.62. The summed E-state index contributed by atoms with van der Waals surface area (Å²) in [4.78, 5) is 0. The molecule has 0 atom stereocenters. The van der Waals surface area contributed by atoms with Crippen LogP contribution in [0.3, 0.4) is 0 Å². The minimum atomic E-state index is -0.424. The third-order valence-electron chi connectivity index (χ3n) is 5.96. The van der Waals surface area contributed by atoms with Gasteiger partial charge in [0.2, 0.25) is 0 Å². The maximum Gasteiger partial charge on any atom is 0.136 e. The topological polar surface area (TPSA) is 13.1 Å². The van der Waals surface area contributed by atoms with Gasteiger partial charge < -0.3 is 4.42 Å². The highest BCUT2D eigenvalue weighted by Crippen LogP contribution is 2.43. The molecule has 0 bridgehead atoms. The molecule has 0 spiro atoms. The molecule has 0 aliphatic rings. The van der Waals surface area contributed by atoms with Gasteiger partial charge in [0, 0.05) is 15.2 Å². The molecule has 0 N–H and O–H groups in total. The van der Waals surface area contributed by atoms with E-state index in [2.05, 4.69) is 15.9 Å². The highest BCUT2D eigenvalue weighted by atomic mass is 79.9. The second-order valence-electron chi connectivity index (χ2n) is 7.66. The molecule has 1 aromatic heterocycles. The van der Waals surface area contributed by atoms with Crippen LogP contribution < -0.4 is 0 Å². The highest BCUT2D eigenvalue weighted by Gasteiger charge is 2.16. The van der Waals surface area contributed by atoms with Crippen LogP contribution in [0.25, 0.3) is 65.4 Å². The van der Waals surface area contributed by atoms with Crippen LogP contribution in [-0.2, 0) is 0 Å². The molecule has 0 aliphatic carbocycles. The van der Waals surface area contributed by atoms with Crippen LogP contribution >= 0.6 is 15.9 Å². The molecule has 6 aromatic carbocycles. The minimum absolute atomic E-state index is 0.154. The summed E-state index contributed by atoms with van der Waals surface area (Å²) < 4.78 is 74.9. The van der Waals surface area contributed by atoms with Crippen LogP contribution in [0, 0.1) is 0 Å². The van der Waals surface area contributed by atoms with Gasteiger partial charge in [-0.2, -0.15) is 0 Å². The summed E-state index contributed by atoms with van der Waals surface area (Å²) in [6, 6.07) is 14.4. The summed E-state index contributed by atoms with van der Waals surface area (Å²) >= 11 is 3.46. The second kappa shape index (κ2) is 6.69. The van der Waals surface area contributed by atoms with Crippen molar-refractivity contribution in [3.63, 3.8) is 0 Å². The predicted molar refractivity (Wildman–Crippen MR) is 139 cm³/mol. The Morgan fingerprint density at radius 1 is 0.625 bits per heavy atom. The number of hydrogen-bond donors (Lipinski definition) is 0. The van der Waals surface area contributed by atoms with Crippen LogP contribution in [0.1, 0.15) is 11.0 Å². The number of halogens is 1. The van der Waals surface area contributed by atoms with E-state index in [1.54, 1.807) is 12.1 Å². The van der Waals surface area contributed by atoms with E-state index in [1.807, 2.05) is 42.5 Å². The Balaban J connectivity index is 1.76. The fourth-order valence-corrected chi connectivity index (χ4v) is 5.17. The molecule has 0 aliphatic heterocycles. The zero-order chi connectivity index (χ0) is 28.2. The van der Waals surface area contributed by atoms with Gasteiger partial charge in [-0.3, -0.25) is 0 Å². The Morgan fingerprint density at radius 2 is 1.28 bits per heavy atom. The van der Waals surface area contributed by atoms with E-state index in [0.29, 0.717) is 22.3 Å². The molecule has 7 aromatic rings. The van der Waals surface area contributed by atoms with Crippen LogP contribution in [0.4, 0.5) is 0 Å². The Morgan fingerprint density at radius 3 is 2.03 bits per heavy atom. The molecule has 1 nitrogen and oxygen atoms in total. The van der Waals surface area contributed by atoms with Crippen LogP contribution in [0.15, 0.2) is 112 Å². The van der Waals surface area contributed by atoms with Gasteiger partial charge >= 0.3 is 0 Å². The lowest BCUT2D eigenvalue weighted by Gasteiger charge is -2.14. The van der Waals surface area contributed by atoms with Crippen molar-refractivity contribution in [2.75, 3.05) is 0 Å². The van der Waals surface area contributed by atoms with Crippen molar-refractivity contribution in [2.45, 2.75) is 0 Å². The first-order chi connectivity index (χ1) is 19.1. The summed E-state index contributed by atoms with van der Waals surface area (Å²) in [5.74, 6) is 0. The number of benzene rings is 6. The molecule has 7 rings (SSSR count). The molecule has 150 valence electrons. The average Bonchev–Trinajstić information content (AvgIpc) is 3.34. The Kier molecular flexibility index (Phi) is 2.48. The second-order valence-corrected chi connectivity index (χ2v) is 8.45. The van der Waals surface area contributed by atoms with Crippen molar-refractivity contribution in [1.29, 1.82) is 0 Å². The molecule has 0 fully saturated rings. The number of hydrogen-bond acceptors (Lipinski definition) is 1. The first-order valence-electron chi connectivity index (χ1n) is 14.1. The lowest BCUT2D eigenvalue weighted by Crippen LogP contribution is -1.87. The van der Waals surface area contributed by atoms with Crippen LogP contribution in [-0.4, -0.2) is 0 Å². The molecule has 0 saturated heterocycles. The number of fused-ring (bicyclic) bond motifs is 7. The lowest BCUT2D eigenvalue weighted by atomic mass is 9.91.